The second-order valence-corrected chi connectivity index (χ2v) is 14.9. The molecule has 0 aromatic heterocycles. The molecule has 0 radical (unpaired) electrons. The molecule has 12 heteroatoms. The summed E-state index contributed by atoms with van der Waals surface area (Å²) in [5.41, 5.74) is 0. The van der Waals surface area contributed by atoms with Crippen LogP contribution in [0.2, 0.25) is 0 Å². The van der Waals surface area contributed by atoms with Gasteiger partial charge in [-0.15, -0.1) is 0 Å². The Kier molecular flexibility index (Phi) is 14.5. The molecule has 0 heterocycles. The highest BCUT2D eigenvalue weighted by atomic mass is 32.5. The molecule has 0 amide bonds. The Labute approximate surface area is 183 Å². The molecule has 0 saturated heterocycles. The first-order valence-corrected chi connectivity index (χ1v) is 15.6. The van der Waals surface area contributed by atoms with Crippen LogP contribution in [0.3, 0.4) is 0 Å². The second kappa shape index (κ2) is 13.8. The summed E-state index contributed by atoms with van der Waals surface area (Å²) in [6.07, 6.45) is -0.747. The molecule has 0 saturated carbocycles. The molecule has 0 aliphatic carbocycles. The molecule has 0 aromatic rings. The van der Waals surface area contributed by atoms with E-state index in [4.69, 9.17) is 54.9 Å². The highest BCUT2D eigenvalue weighted by molar-refractivity contribution is 8.10. The average molecular weight is 499 g/mol. The largest absolute Gasteiger partial charge is 0.347 e. The molecule has 0 atom stereocenters. The molecule has 0 aromatic carbocycles. The maximum absolute atomic E-state index is 5.97. The lowest BCUT2D eigenvalue weighted by Gasteiger charge is -2.31. The van der Waals surface area contributed by atoms with Crippen LogP contribution in [-0.4, -0.2) is 31.0 Å². The van der Waals surface area contributed by atoms with Gasteiger partial charge < -0.3 is 22.6 Å². The Bertz CT molecular complexity index is 462. The van der Waals surface area contributed by atoms with Crippen molar-refractivity contribution >= 4 is 45.7 Å². The van der Waals surface area contributed by atoms with Crippen LogP contribution in [0.25, 0.3) is 0 Å². The van der Waals surface area contributed by atoms with Crippen LogP contribution in [0.15, 0.2) is 0 Å². The lowest BCUT2D eigenvalue weighted by Crippen LogP contribution is -2.12. The van der Waals surface area contributed by atoms with Gasteiger partial charge in [-0.25, -0.2) is 8.62 Å². The van der Waals surface area contributed by atoms with Gasteiger partial charge in [0.15, 0.2) is 0 Å². The van der Waals surface area contributed by atoms with Crippen molar-refractivity contribution in [2.75, 3.05) is 6.61 Å². The van der Waals surface area contributed by atoms with Gasteiger partial charge in [-0.2, -0.15) is 0 Å². The Hall–Kier alpha value is 1.45. The van der Waals surface area contributed by atoms with Crippen molar-refractivity contribution < 1.29 is 31.2 Å². The molecule has 0 spiro atoms. The molecule has 0 aliphatic rings. The van der Waals surface area contributed by atoms with Crippen molar-refractivity contribution in [3.63, 3.8) is 0 Å². The maximum atomic E-state index is 5.97. The molecule has 0 unspecified atom stereocenters. The summed E-state index contributed by atoms with van der Waals surface area (Å²) in [6.45, 7) is 13.1. The summed E-state index contributed by atoms with van der Waals surface area (Å²) < 4.78 is 41.0. The quantitative estimate of drug-likeness (QED) is 0.221. The molecule has 28 heavy (non-hydrogen) atoms. The first-order valence-electron chi connectivity index (χ1n) is 9.42. The summed E-state index contributed by atoms with van der Waals surface area (Å²) in [6, 6.07) is 0. The third kappa shape index (κ3) is 14.5. The predicted octanol–water partition coefficient (Wildman–Crippen LogP) is 7.07. The van der Waals surface area contributed by atoms with Crippen molar-refractivity contribution in [1.82, 2.24) is 0 Å². The van der Waals surface area contributed by atoms with E-state index >= 15 is 0 Å². The van der Waals surface area contributed by atoms with Crippen molar-refractivity contribution in [3.05, 3.63) is 0 Å². The molecule has 7 nitrogen and oxygen atoms in total. The third-order valence-corrected chi connectivity index (χ3v) is 10.2. The van der Waals surface area contributed by atoms with E-state index in [0.717, 1.165) is 0 Å². The van der Waals surface area contributed by atoms with Gasteiger partial charge in [-0.3, -0.25) is 0 Å². The number of hydrogen-bond acceptors (Lipinski definition) is 9. The first kappa shape index (κ1) is 29.5. The van der Waals surface area contributed by atoms with Crippen LogP contribution in [0.1, 0.15) is 69.2 Å². The summed E-state index contributed by atoms with van der Waals surface area (Å²) in [5, 5.41) is 0. The highest BCUT2D eigenvalue weighted by Crippen LogP contribution is 2.70. The summed E-state index contributed by atoms with van der Waals surface area (Å²) in [4.78, 5) is 0. The van der Waals surface area contributed by atoms with Crippen molar-refractivity contribution in [2.45, 2.75) is 93.7 Å². The first-order chi connectivity index (χ1) is 12.7. The van der Waals surface area contributed by atoms with Crippen LogP contribution in [0, 0.1) is 5.92 Å². The van der Waals surface area contributed by atoms with E-state index in [2.05, 4.69) is 0 Å². The molecular weight excluding hydrogens is 461 g/mol. The van der Waals surface area contributed by atoms with Crippen molar-refractivity contribution in [1.29, 1.82) is 0 Å². The third-order valence-electron chi connectivity index (χ3n) is 2.21. The van der Waals surface area contributed by atoms with Crippen LogP contribution in [0.4, 0.5) is 0 Å². The van der Waals surface area contributed by atoms with Gasteiger partial charge in [0.2, 0.25) is 0 Å². The lowest BCUT2D eigenvalue weighted by molar-refractivity contribution is 0.117. The van der Waals surface area contributed by atoms with Gasteiger partial charge in [0.25, 0.3) is 0 Å². The van der Waals surface area contributed by atoms with E-state index in [9.17, 15) is 0 Å². The monoisotopic (exact) mass is 498 g/mol. The van der Waals surface area contributed by atoms with Crippen LogP contribution < -0.4 is 0 Å². The smallest absolute Gasteiger partial charge is 0.311 e. The zero-order valence-electron chi connectivity index (χ0n) is 18.6. The molecule has 0 N–H and O–H groups in total. The van der Waals surface area contributed by atoms with Crippen molar-refractivity contribution in [3.8, 4) is 0 Å². The second-order valence-electron chi connectivity index (χ2n) is 7.59. The fourth-order valence-corrected chi connectivity index (χ4v) is 9.91. The van der Waals surface area contributed by atoms with Gasteiger partial charge in [0.05, 0.1) is 31.0 Å². The molecule has 170 valence electrons. The van der Waals surface area contributed by atoms with Crippen LogP contribution in [0.5, 0.6) is 0 Å². The standard InChI is InChI=1S/C16H37O7P3S2/c1-12(2)11-17-24(22-25(27,18-13(3)4)19-14(5)6)23-26(28,20-15(7)8)21-16(9)10/h12-16H,11H2,1-10H3. The summed E-state index contributed by atoms with van der Waals surface area (Å²) in [7, 11) is -2.00. The lowest BCUT2D eigenvalue weighted by atomic mass is 10.2. The van der Waals surface area contributed by atoms with E-state index < -0.39 is 22.0 Å². The minimum atomic E-state index is -3.13. The maximum Gasteiger partial charge on any atom is 0.347 e. The molecule has 0 aliphatic heterocycles. The SMILES string of the molecule is CC(C)COP(OP(=S)(OC(C)C)OC(C)C)OP(=S)(OC(C)C)OC(C)C. The average Bonchev–Trinajstić information content (AvgIpc) is 2.39. The molecule has 0 fully saturated rings. The normalized spacial score (nSPS) is 13.9. The fraction of sp³-hybridized carbons (Fsp3) is 1.00. The number of rotatable bonds is 15. The Morgan fingerprint density at radius 1 is 0.607 bits per heavy atom. The Morgan fingerprint density at radius 2 is 0.893 bits per heavy atom. The topological polar surface area (TPSA) is 64.6 Å². The summed E-state index contributed by atoms with van der Waals surface area (Å²) >= 11 is 11.1. The van der Waals surface area contributed by atoms with E-state index in [1.54, 1.807) is 0 Å². The minimum Gasteiger partial charge on any atom is -0.311 e. The molecule has 0 rings (SSSR count). The van der Waals surface area contributed by atoms with E-state index in [1.165, 1.54) is 0 Å². The molecule has 0 bridgehead atoms. The van der Waals surface area contributed by atoms with E-state index in [1.807, 2.05) is 69.2 Å². The van der Waals surface area contributed by atoms with E-state index in [0.29, 0.717) is 6.61 Å². The Balaban J connectivity index is 5.62. The van der Waals surface area contributed by atoms with Gasteiger partial charge in [0, 0.05) is 0 Å². The number of hydrogen-bond donors (Lipinski definition) is 0. The molecular formula is C16H37O7P3S2. The predicted molar refractivity (Wildman–Crippen MR) is 123 cm³/mol. The van der Waals surface area contributed by atoms with Gasteiger partial charge in [0.1, 0.15) is 0 Å². The van der Waals surface area contributed by atoms with E-state index in [-0.39, 0.29) is 30.3 Å². The zero-order chi connectivity index (χ0) is 22.1. The minimum absolute atomic E-state index is 0.187. The van der Waals surface area contributed by atoms with Gasteiger partial charge >= 0.3 is 22.0 Å². The highest BCUT2D eigenvalue weighted by Gasteiger charge is 2.37. The van der Waals surface area contributed by atoms with Crippen LogP contribution in [-0.2, 0) is 54.9 Å². The fourth-order valence-electron chi connectivity index (χ4n) is 1.59. The zero-order valence-corrected chi connectivity index (χ0v) is 22.9. The van der Waals surface area contributed by atoms with Gasteiger partial charge in [-0.1, -0.05) is 13.8 Å². The Morgan fingerprint density at radius 3 is 1.11 bits per heavy atom. The van der Waals surface area contributed by atoms with Crippen LogP contribution >= 0.6 is 22.0 Å². The van der Waals surface area contributed by atoms with Crippen molar-refractivity contribution in [2.24, 2.45) is 5.92 Å². The summed E-state index contributed by atoms with van der Waals surface area (Å²) in [5.74, 6) is 0.252. The van der Waals surface area contributed by atoms with Gasteiger partial charge in [-0.05, 0) is 84.9 Å².